The highest BCUT2D eigenvalue weighted by molar-refractivity contribution is 9.10. The van der Waals surface area contributed by atoms with E-state index in [1.165, 1.54) is 0 Å². The Morgan fingerprint density at radius 3 is 2.72 bits per heavy atom. The normalized spacial score (nSPS) is 12.0. The van der Waals surface area contributed by atoms with Crippen molar-refractivity contribution < 1.29 is 9.90 Å². The number of hydrogen-bond donors (Lipinski definition) is 2. The zero-order valence-electron chi connectivity index (χ0n) is 10.9. The van der Waals surface area contributed by atoms with Gasteiger partial charge >= 0.3 is 5.97 Å². The van der Waals surface area contributed by atoms with E-state index in [1.807, 2.05) is 44.1 Å². The lowest BCUT2D eigenvalue weighted by Gasteiger charge is -2.22. The van der Waals surface area contributed by atoms with Crippen molar-refractivity contribution in [1.29, 1.82) is 0 Å². The van der Waals surface area contributed by atoms with Crippen molar-refractivity contribution in [1.82, 2.24) is 0 Å². The fraction of sp³-hybridized carbons (Fsp3) is 0.462. The maximum Gasteiger partial charge on any atom is 0.303 e. The molecule has 2 N–H and O–H groups in total. The fourth-order valence-electron chi connectivity index (χ4n) is 1.69. The van der Waals surface area contributed by atoms with Crippen LogP contribution in [0.4, 0.5) is 11.4 Å². The van der Waals surface area contributed by atoms with E-state index in [1.54, 1.807) is 0 Å². The molecule has 1 rings (SSSR count). The Morgan fingerprint density at radius 1 is 1.50 bits per heavy atom. The van der Waals surface area contributed by atoms with E-state index in [-0.39, 0.29) is 12.5 Å². The molecular formula is C13H19BrN2O2. The smallest absolute Gasteiger partial charge is 0.303 e. The van der Waals surface area contributed by atoms with Crippen LogP contribution in [0.25, 0.3) is 0 Å². The molecule has 0 heterocycles. The van der Waals surface area contributed by atoms with Crippen LogP contribution in [-0.2, 0) is 4.79 Å². The maximum atomic E-state index is 10.5. The molecule has 1 atom stereocenters. The van der Waals surface area contributed by atoms with E-state index in [2.05, 4.69) is 21.2 Å². The second-order valence-corrected chi connectivity index (χ2v) is 5.45. The molecule has 0 bridgehead atoms. The molecule has 0 spiro atoms. The van der Waals surface area contributed by atoms with Gasteiger partial charge in [-0.25, -0.2) is 0 Å². The predicted octanol–water partition coefficient (Wildman–Crippen LogP) is 3.18. The monoisotopic (exact) mass is 314 g/mol. The lowest BCUT2D eigenvalue weighted by atomic mass is 10.1. The van der Waals surface area contributed by atoms with Crippen molar-refractivity contribution in [3.05, 3.63) is 22.7 Å². The Labute approximate surface area is 116 Å². The summed E-state index contributed by atoms with van der Waals surface area (Å²) in [5.74, 6) is -0.759. The molecule has 0 saturated carbocycles. The summed E-state index contributed by atoms with van der Waals surface area (Å²) >= 11 is 3.44. The average molecular weight is 315 g/mol. The summed E-state index contributed by atoms with van der Waals surface area (Å²) in [4.78, 5) is 12.6. The minimum absolute atomic E-state index is 0.120. The number of carbonyl (C=O) groups is 1. The van der Waals surface area contributed by atoms with Gasteiger partial charge in [0.05, 0.1) is 11.4 Å². The molecule has 4 nitrogen and oxygen atoms in total. The van der Waals surface area contributed by atoms with Gasteiger partial charge in [-0.15, -0.1) is 0 Å². The molecule has 100 valence electrons. The number of nitrogens with one attached hydrogen (secondary N) is 1. The van der Waals surface area contributed by atoms with Crippen molar-refractivity contribution in [2.24, 2.45) is 0 Å². The molecule has 0 aliphatic carbocycles. The number of aliphatic carboxylic acids is 1. The maximum absolute atomic E-state index is 10.5. The third kappa shape index (κ3) is 4.56. The number of nitrogens with zero attached hydrogens (tertiary/aromatic N) is 1. The van der Waals surface area contributed by atoms with E-state index in [0.717, 1.165) is 15.8 Å². The van der Waals surface area contributed by atoms with Crippen molar-refractivity contribution in [3.63, 3.8) is 0 Å². The average Bonchev–Trinajstić information content (AvgIpc) is 2.26. The molecular weight excluding hydrogens is 296 g/mol. The van der Waals surface area contributed by atoms with Gasteiger partial charge in [-0.2, -0.15) is 0 Å². The zero-order valence-corrected chi connectivity index (χ0v) is 12.5. The van der Waals surface area contributed by atoms with Gasteiger partial charge in [-0.1, -0.05) is 15.9 Å². The van der Waals surface area contributed by atoms with Gasteiger partial charge in [-0.05, 0) is 31.5 Å². The number of carboxylic acids is 1. The van der Waals surface area contributed by atoms with Crippen LogP contribution in [0.5, 0.6) is 0 Å². The van der Waals surface area contributed by atoms with E-state index in [4.69, 9.17) is 5.11 Å². The van der Waals surface area contributed by atoms with E-state index in [0.29, 0.717) is 6.42 Å². The van der Waals surface area contributed by atoms with Gasteiger partial charge in [-0.3, -0.25) is 4.79 Å². The molecule has 0 aliphatic rings. The highest BCUT2D eigenvalue weighted by atomic mass is 79.9. The summed E-state index contributed by atoms with van der Waals surface area (Å²) in [6.07, 6.45) is 0.786. The van der Waals surface area contributed by atoms with Crippen LogP contribution in [0.3, 0.4) is 0 Å². The summed E-state index contributed by atoms with van der Waals surface area (Å²) in [6, 6.07) is 6.14. The third-order valence-corrected chi connectivity index (χ3v) is 3.13. The number of hydrogen-bond acceptors (Lipinski definition) is 3. The lowest BCUT2D eigenvalue weighted by molar-refractivity contribution is -0.137. The number of anilines is 2. The molecule has 1 unspecified atom stereocenters. The fourth-order valence-corrected chi connectivity index (χ4v) is 2.05. The molecule has 1 aromatic carbocycles. The lowest BCUT2D eigenvalue weighted by Crippen LogP contribution is -2.19. The quantitative estimate of drug-likeness (QED) is 0.846. The van der Waals surface area contributed by atoms with Crippen LogP contribution in [0, 0.1) is 0 Å². The Bertz CT molecular complexity index is 421. The Balaban J connectivity index is 2.76. The standard InChI is InChI=1S/C13H19BrN2O2/c1-9(4-7-13(17)18)15-11-8-10(14)5-6-12(11)16(2)3/h5-6,8-9,15H,4,7H2,1-3H3,(H,17,18). The zero-order chi connectivity index (χ0) is 13.7. The number of rotatable bonds is 6. The van der Waals surface area contributed by atoms with Gasteiger partial charge < -0.3 is 15.3 Å². The van der Waals surface area contributed by atoms with E-state index >= 15 is 0 Å². The van der Waals surface area contributed by atoms with E-state index in [9.17, 15) is 4.79 Å². The van der Waals surface area contributed by atoms with Crippen molar-refractivity contribution >= 4 is 33.3 Å². The van der Waals surface area contributed by atoms with Crippen LogP contribution in [0.1, 0.15) is 19.8 Å². The van der Waals surface area contributed by atoms with E-state index < -0.39 is 5.97 Å². The van der Waals surface area contributed by atoms with Crippen LogP contribution in [0.15, 0.2) is 22.7 Å². The van der Waals surface area contributed by atoms with Gasteiger partial charge in [0.15, 0.2) is 0 Å². The number of carboxylic acid groups (broad SMARTS) is 1. The van der Waals surface area contributed by atoms with Gasteiger partial charge in [0, 0.05) is 31.0 Å². The largest absolute Gasteiger partial charge is 0.481 e. The second-order valence-electron chi connectivity index (χ2n) is 4.53. The molecule has 0 fully saturated rings. The van der Waals surface area contributed by atoms with Crippen LogP contribution in [0.2, 0.25) is 0 Å². The second kappa shape index (κ2) is 6.64. The van der Waals surface area contributed by atoms with Crippen molar-refractivity contribution in [2.75, 3.05) is 24.3 Å². The Hall–Kier alpha value is -1.23. The van der Waals surface area contributed by atoms with Crippen molar-refractivity contribution in [3.8, 4) is 0 Å². The first-order valence-corrected chi connectivity index (χ1v) is 6.64. The topological polar surface area (TPSA) is 52.6 Å². The van der Waals surface area contributed by atoms with Gasteiger partial charge in [0.25, 0.3) is 0 Å². The molecule has 5 heteroatoms. The summed E-state index contributed by atoms with van der Waals surface area (Å²) in [6.45, 7) is 1.99. The van der Waals surface area contributed by atoms with Crippen LogP contribution in [-0.4, -0.2) is 31.2 Å². The SMILES string of the molecule is CC(CCC(=O)O)Nc1cc(Br)ccc1N(C)C. The highest BCUT2D eigenvalue weighted by Crippen LogP contribution is 2.28. The number of halogens is 1. The van der Waals surface area contributed by atoms with Crippen LogP contribution < -0.4 is 10.2 Å². The highest BCUT2D eigenvalue weighted by Gasteiger charge is 2.10. The molecule has 0 aromatic heterocycles. The van der Waals surface area contributed by atoms with Crippen LogP contribution >= 0.6 is 15.9 Å². The molecule has 0 saturated heterocycles. The molecule has 0 amide bonds. The Morgan fingerprint density at radius 2 is 2.17 bits per heavy atom. The first-order chi connectivity index (χ1) is 8.40. The molecule has 0 aliphatic heterocycles. The summed E-state index contributed by atoms with van der Waals surface area (Å²) < 4.78 is 1.00. The number of benzene rings is 1. The van der Waals surface area contributed by atoms with Gasteiger partial charge in [0.1, 0.15) is 0 Å². The Kier molecular flexibility index (Phi) is 5.47. The summed E-state index contributed by atoms with van der Waals surface area (Å²) in [5.41, 5.74) is 2.09. The minimum Gasteiger partial charge on any atom is -0.481 e. The minimum atomic E-state index is -0.759. The van der Waals surface area contributed by atoms with Crippen molar-refractivity contribution in [2.45, 2.75) is 25.8 Å². The predicted molar refractivity (Wildman–Crippen MR) is 78.4 cm³/mol. The third-order valence-electron chi connectivity index (χ3n) is 2.63. The molecule has 0 radical (unpaired) electrons. The summed E-state index contributed by atoms with van der Waals surface area (Å²) in [7, 11) is 3.96. The summed E-state index contributed by atoms with van der Waals surface area (Å²) in [5, 5.41) is 12.0. The first-order valence-electron chi connectivity index (χ1n) is 5.85. The first kappa shape index (κ1) is 14.8. The van der Waals surface area contributed by atoms with Gasteiger partial charge in [0.2, 0.25) is 0 Å². The molecule has 18 heavy (non-hydrogen) atoms. The molecule has 1 aromatic rings.